The predicted molar refractivity (Wildman–Crippen MR) is 74.9 cm³/mol. The molecule has 0 aliphatic rings. The fourth-order valence-corrected chi connectivity index (χ4v) is 1.85. The maximum atomic E-state index is 6.11. The number of halogens is 1. The van der Waals surface area contributed by atoms with Crippen LogP contribution in [0, 0.1) is 5.41 Å². The standard InChI is InChI=1S/C14H18ClN3O/c1-14(2,3)12(16)13-17-11(18-19-13)8-9-6-4-5-7-10(9)15/h4-7,12H,8,16H2,1-3H3/t12-/m0/s1. The van der Waals surface area contributed by atoms with Crippen LogP contribution in [0.4, 0.5) is 0 Å². The number of nitrogens with zero attached hydrogens (tertiary/aromatic N) is 2. The number of hydrogen-bond acceptors (Lipinski definition) is 4. The van der Waals surface area contributed by atoms with Crippen LogP contribution in [0.5, 0.6) is 0 Å². The van der Waals surface area contributed by atoms with Gasteiger partial charge in [-0.3, -0.25) is 0 Å². The average molecular weight is 280 g/mol. The third kappa shape index (κ3) is 3.33. The van der Waals surface area contributed by atoms with Crippen LogP contribution in [-0.2, 0) is 6.42 Å². The van der Waals surface area contributed by atoms with Crippen LogP contribution in [0.3, 0.4) is 0 Å². The van der Waals surface area contributed by atoms with Gasteiger partial charge in [0, 0.05) is 11.4 Å². The Morgan fingerprint density at radius 3 is 2.63 bits per heavy atom. The highest BCUT2D eigenvalue weighted by molar-refractivity contribution is 6.31. The van der Waals surface area contributed by atoms with Gasteiger partial charge in [0.1, 0.15) is 0 Å². The van der Waals surface area contributed by atoms with Gasteiger partial charge in [-0.1, -0.05) is 55.7 Å². The topological polar surface area (TPSA) is 64.9 Å². The molecule has 0 radical (unpaired) electrons. The fraction of sp³-hybridized carbons (Fsp3) is 0.429. The summed E-state index contributed by atoms with van der Waals surface area (Å²) in [6, 6.07) is 7.34. The Bertz CT molecular complexity index is 560. The molecule has 0 saturated carbocycles. The third-order valence-corrected chi connectivity index (χ3v) is 3.36. The Kier molecular flexibility index (Phi) is 3.92. The second kappa shape index (κ2) is 5.31. The van der Waals surface area contributed by atoms with Gasteiger partial charge in [0.15, 0.2) is 5.82 Å². The average Bonchev–Trinajstić information content (AvgIpc) is 2.78. The molecule has 0 saturated heterocycles. The number of aromatic nitrogens is 2. The summed E-state index contributed by atoms with van der Waals surface area (Å²) < 4.78 is 5.24. The van der Waals surface area contributed by atoms with Crippen molar-refractivity contribution in [3.63, 3.8) is 0 Å². The zero-order chi connectivity index (χ0) is 14.0. The Morgan fingerprint density at radius 2 is 2.00 bits per heavy atom. The molecule has 5 heteroatoms. The quantitative estimate of drug-likeness (QED) is 0.936. The van der Waals surface area contributed by atoms with E-state index in [1.165, 1.54) is 0 Å². The van der Waals surface area contributed by atoms with E-state index < -0.39 is 0 Å². The van der Waals surface area contributed by atoms with E-state index in [0.29, 0.717) is 23.2 Å². The molecule has 1 heterocycles. The summed E-state index contributed by atoms with van der Waals surface area (Å²) in [7, 11) is 0. The zero-order valence-corrected chi connectivity index (χ0v) is 12.1. The molecule has 1 aromatic heterocycles. The molecular formula is C14H18ClN3O. The van der Waals surface area contributed by atoms with Gasteiger partial charge >= 0.3 is 0 Å². The summed E-state index contributed by atoms with van der Waals surface area (Å²) in [5, 5.41) is 4.67. The largest absolute Gasteiger partial charge is 0.338 e. The van der Waals surface area contributed by atoms with Gasteiger partial charge in [-0.05, 0) is 17.0 Å². The first-order chi connectivity index (χ1) is 8.88. The molecular weight excluding hydrogens is 262 g/mol. The molecule has 0 aliphatic heterocycles. The van der Waals surface area contributed by atoms with Crippen LogP contribution in [-0.4, -0.2) is 10.1 Å². The van der Waals surface area contributed by atoms with Crippen LogP contribution in [0.2, 0.25) is 5.02 Å². The van der Waals surface area contributed by atoms with E-state index in [1.807, 2.05) is 45.0 Å². The molecule has 0 unspecified atom stereocenters. The van der Waals surface area contributed by atoms with Crippen molar-refractivity contribution in [1.29, 1.82) is 0 Å². The van der Waals surface area contributed by atoms with Crippen molar-refractivity contribution in [2.75, 3.05) is 0 Å². The second-order valence-electron chi connectivity index (χ2n) is 5.66. The van der Waals surface area contributed by atoms with E-state index in [1.54, 1.807) is 0 Å². The van der Waals surface area contributed by atoms with Crippen molar-refractivity contribution < 1.29 is 4.52 Å². The molecule has 1 atom stereocenters. The molecule has 1 aromatic carbocycles. The van der Waals surface area contributed by atoms with E-state index in [9.17, 15) is 0 Å². The number of hydrogen-bond donors (Lipinski definition) is 1. The highest BCUT2D eigenvalue weighted by Gasteiger charge is 2.27. The highest BCUT2D eigenvalue weighted by atomic mass is 35.5. The maximum absolute atomic E-state index is 6.11. The van der Waals surface area contributed by atoms with E-state index in [-0.39, 0.29) is 11.5 Å². The van der Waals surface area contributed by atoms with Crippen LogP contribution < -0.4 is 5.73 Å². The van der Waals surface area contributed by atoms with Gasteiger partial charge < -0.3 is 10.3 Å². The van der Waals surface area contributed by atoms with Gasteiger partial charge in [0.25, 0.3) is 0 Å². The first-order valence-corrected chi connectivity index (χ1v) is 6.57. The summed E-state index contributed by atoms with van der Waals surface area (Å²) in [6.45, 7) is 6.11. The van der Waals surface area contributed by atoms with Crippen molar-refractivity contribution in [2.45, 2.75) is 33.2 Å². The third-order valence-electron chi connectivity index (χ3n) is 2.99. The molecule has 102 valence electrons. The van der Waals surface area contributed by atoms with Crippen LogP contribution in [0.25, 0.3) is 0 Å². The minimum atomic E-state index is -0.278. The maximum Gasteiger partial charge on any atom is 0.244 e. The molecule has 4 nitrogen and oxygen atoms in total. The number of nitrogens with two attached hydrogens (primary N) is 1. The summed E-state index contributed by atoms with van der Waals surface area (Å²) in [4.78, 5) is 4.35. The van der Waals surface area contributed by atoms with E-state index in [0.717, 1.165) is 5.56 Å². The minimum absolute atomic E-state index is 0.117. The zero-order valence-electron chi connectivity index (χ0n) is 11.4. The molecule has 0 fully saturated rings. The number of benzene rings is 1. The van der Waals surface area contributed by atoms with Crippen molar-refractivity contribution in [3.05, 3.63) is 46.6 Å². The molecule has 0 amide bonds. The predicted octanol–water partition coefficient (Wildman–Crippen LogP) is 3.36. The lowest BCUT2D eigenvalue weighted by atomic mass is 9.87. The second-order valence-corrected chi connectivity index (χ2v) is 6.07. The van der Waals surface area contributed by atoms with Crippen LogP contribution >= 0.6 is 11.6 Å². The van der Waals surface area contributed by atoms with Crippen molar-refractivity contribution >= 4 is 11.6 Å². The Balaban J connectivity index is 2.16. The molecule has 0 spiro atoms. The summed E-state index contributed by atoms with van der Waals surface area (Å²) in [6.07, 6.45) is 0.542. The van der Waals surface area contributed by atoms with E-state index >= 15 is 0 Å². The summed E-state index contributed by atoms with van der Waals surface area (Å²) >= 11 is 6.11. The fourth-order valence-electron chi connectivity index (χ4n) is 1.65. The number of rotatable bonds is 3. The van der Waals surface area contributed by atoms with Gasteiger partial charge in [-0.25, -0.2) is 0 Å². The molecule has 2 aromatic rings. The minimum Gasteiger partial charge on any atom is -0.338 e. The van der Waals surface area contributed by atoms with Crippen LogP contribution in [0.1, 0.15) is 44.1 Å². The van der Waals surface area contributed by atoms with Crippen LogP contribution in [0.15, 0.2) is 28.8 Å². The van der Waals surface area contributed by atoms with Gasteiger partial charge in [-0.2, -0.15) is 4.98 Å². The molecule has 0 bridgehead atoms. The normalized spacial score (nSPS) is 13.5. The Labute approximate surface area is 118 Å². The first kappa shape index (κ1) is 14.0. The van der Waals surface area contributed by atoms with E-state index in [4.69, 9.17) is 21.9 Å². The summed E-state index contributed by atoms with van der Waals surface area (Å²) in [5.41, 5.74) is 6.94. The Hall–Kier alpha value is -1.39. The first-order valence-electron chi connectivity index (χ1n) is 6.19. The summed E-state index contributed by atoms with van der Waals surface area (Å²) in [5.74, 6) is 1.07. The van der Waals surface area contributed by atoms with Crippen molar-refractivity contribution in [1.82, 2.24) is 10.1 Å². The van der Waals surface area contributed by atoms with Crippen molar-refractivity contribution in [2.24, 2.45) is 11.1 Å². The van der Waals surface area contributed by atoms with Gasteiger partial charge in [-0.15, -0.1) is 0 Å². The van der Waals surface area contributed by atoms with Gasteiger partial charge in [0.2, 0.25) is 5.89 Å². The molecule has 19 heavy (non-hydrogen) atoms. The van der Waals surface area contributed by atoms with Gasteiger partial charge in [0.05, 0.1) is 6.04 Å². The smallest absolute Gasteiger partial charge is 0.244 e. The lowest BCUT2D eigenvalue weighted by Gasteiger charge is -2.23. The molecule has 0 aliphatic carbocycles. The lowest BCUT2D eigenvalue weighted by Crippen LogP contribution is -2.26. The lowest BCUT2D eigenvalue weighted by molar-refractivity contribution is 0.252. The van der Waals surface area contributed by atoms with Crippen molar-refractivity contribution in [3.8, 4) is 0 Å². The Morgan fingerprint density at radius 1 is 1.32 bits per heavy atom. The SMILES string of the molecule is CC(C)(C)[C@@H](N)c1nc(Cc2ccccc2Cl)no1. The highest BCUT2D eigenvalue weighted by Crippen LogP contribution is 2.29. The molecule has 2 rings (SSSR count). The molecule has 2 N–H and O–H groups in total. The van der Waals surface area contributed by atoms with E-state index in [2.05, 4.69) is 10.1 Å². The monoisotopic (exact) mass is 279 g/mol.